The van der Waals surface area contributed by atoms with Gasteiger partial charge < -0.3 is 15.2 Å². The van der Waals surface area contributed by atoms with Crippen molar-refractivity contribution in [1.29, 1.82) is 0 Å². The number of rotatable bonds is 5. The molecule has 2 N–H and O–H groups in total. The molecule has 0 aliphatic heterocycles. The molecule has 0 fully saturated rings. The molecular formula is C8H15NO3. The fourth-order valence-electron chi connectivity index (χ4n) is 0.641. The molecule has 0 spiro atoms. The molecule has 12 heavy (non-hydrogen) atoms. The molecule has 0 radical (unpaired) electrons. The maximum absolute atomic E-state index is 10.7. The van der Waals surface area contributed by atoms with E-state index in [0.717, 1.165) is 0 Å². The number of carbonyl (C=O) groups excluding carboxylic acids is 1. The van der Waals surface area contributed by atoms with Gasteiger partial charge in [-0.3, -0.25) is 0 Å². The monoisotopic (exact) mass is 173 g/mol. The highest BCUT2D eigenvalue weighted by Gasteiger charge is 1.97. The molecule has 0 unspecified atom stereocenters. The van der Waals surface area contributed by atoms with E-state index in [1.807, 2.05) is 0 Å². The van der Waals surface area contributed by atoms with Crippen LogP contribution in [0.15, 0.2) is 12.2 Å². The van der Waals surface area contributed by atoms with Crippen molar-refractivity contribution in [2.45, 2.75) is 13.0 Å². The standard InChI is InChI=1S/C8H15NO3/c1-3-12-8(10)5-4-7(9)6-11-2/h4-5,7H,3,6,9H2,1-2H3/b5-4+/t7-/m1/s1. The smallest absolute Gasteiger partial charge is 0.330 e. The highest BCUT2D eigenvalue weighted by atomic mass is 16.5. The molecule has 0 amide bonds. The van der Waals surface area contributed by atoms with Gasteiger partial charge in [-0.15, -0.1) is 0 Å². The average molecular weight is 173 g/mol. The van der Waals surface area contributed by atoms with Crippen molar-refractivity contribution in [2.75, 3.05) is 20.3 Å². The summed E-state index contributed by atoms with van der Waals surface area (Å²) in [6.45, 7) is 2.53. The maximum Gasteiger partial charge on any atom is 0.330 e. The van der Waals surface area contributed by atoms with Crippen molar-refractivity contribution in [2.24, 2.45) is 5.73 Å². The third-order valence-corrected chi connectivity index (χ3v) is 1.13. The quantitative estimate of drug-likeness (QED) is 0.472. The van der Waals surface area contributed by atoms with Gasteiger partial charge >= 0.3 is 5.97 Å². The Labute approximate surface area is 72.3 Å². The summed E-state index contributed by atoms with van der Waals surface area (Å²) in [5.74, 6) is -0.371. The normalized spacial score (nSPS) is 13.2. The van der Waals surface area contributed by atoms with Crippen LogP contribution in [0.2, 0.25) is 0 Å². The van der Waals surface area contributed by atoms with Crippen LogP contribution in [0.4, 0.5) is 0 Å². The first-order chi connectivity index (χ1) is 5.70. The molecule has 0 aromatic carbocycles. The van der Waals surface area contributed by atoms with Crippen molar-refractivity contribution in [3.05, 3.63) is 12.2 Å². The Morgan fingerprint density at radius 1 is 1.67 bits per heavy atom. The summed E-state index contributed by atoms with van der Waals surface area (Å²) < 4.78 is 9.42. The molecular weight excluding hydrogens is 158 g/mol. The second-order valence-corrected chi connectivity index (χ2v) is 2.23. The van der Waals surface area contributed by atoms with Crippen LogP contribution in [-0.4, -0.2) is 32.3 Å². The molecule has 0 aromatic rings. The molecule has 70 valence electrons. The topological polar surface area (TPSA) is 61.5 Å². The minimum absolute atomic E-state index is 0.251. The van der Waals surface area contributed by atoms with Gasteiger partial charge in [-0.1, -0.05) is 6.08 Å². The lowest BCUT2D eigenvalue weighted by Gasteiger charge is -2.02. The van der Waals surface area contributed by atoms with Gasteiger partial charge in [0.25, 0.3) is 0 Å². The largest absolute Gasteiger partial charge is 0.463 e. The second-order valence-electron chi connectivity index (χ2n) is 2.23. The van der Waals surface area contributed by atoms with Gasteiger partial charge in [0.1, 0.15) is 0 Å². The van der Waals surface area contributed by atoms with E-state index >= 15 is 0 Å². The van der Waals surface area contributed by atoms with Crippen molar-refractivity contribution in [3.8, 4) is 0 Å². The molecule has 0 aliphatic carbocycles. The number of hydrogen-bond acceptors (Lipinski definition) is 4. The van der Waals surface area contributed by atoms with Crippen LogP contribution >= 0.6 is 0 Å². The number of hydrogen-bond donors (Lipinski definition) is 1. The van der Waals surface area contributed by atoms with E-state index in [1.165, 1.54) is 6.08 Å². The lowest BCUT2D eigenvalue weighted by atomic mass is 10.3. The third kappa shape index (κ3) is 5.88. The lowest BCUT2D eigenvalue weighted by molar-refractivity contribution is -0.137. The molecule has 0 aromatic heterocycles. The molecule has 0 saturated carbocycles. The Balaban J connectivity index is 3.65. The Morgan fingerprint density at radius 3 is 2.83 bits per heavy atom. The fraction of sp³-hybridized carbons (Fsp3) is 0.625. The van der Waals surface area contributed by atoms with Crippen LogP contribution in [0.5, 0.6) is 0 Å². The van der Waals surface area contributed by atoms with E-state index in [2.05, 4.69) is 4.74 Å². The van der Waals surface area contributed by atoms with Crippen LogP contribution in [0, 0.1) is 0 Å². The van der Waals surface area contributed by atoms with Crippen LogP contribution < -0.4 is 5.73 Å². The first-order valence-electron chi connectivity index (χ1n) is 3.80. The van der Waals surface area contributed by atoms with Gasteiger partial charge in [0.15, 0.2) is 0 Å². The summed E-state index contributed by atoms with van der Waals surface area (Å²) in [4.78, 5) is 10.7. The van der Waals surface area contributed by atoms with Crippen molar-refractivity contribution >= 4 is 5.97 Å². The van der Waals surface area contributed by atoms with Gasteiger partial charge in [0.2, 0.25) is 0 Å². The molecule has 0 bridgehead atoms. The highest BCUT2D eigenvalue weighted by Crippen LogP contribution is 1.86. The molecule has 1 atom stereocenters. The van der Waals surface area contributed by atoms with Crippen molar-refractivity contribution in [1.82, 2.24) is 0 Å². The van der Waals surface area contributed by atoms with Crippen molar-refractivity contribution in [3.63, 3.8) is 0 Å². The number of methoxy groups -OCH3 is 1. The zero-order chi connectivity index (χ0) is 9.40. The predicted octanol–water partition coefficient (Wildman–Crippen LogP) is 0.0794. The fourth-order valence-corrected chi connectivity index (χ4v) is 0.641. The van der Waals surface area contributed by atoms with Crippen molar-refractivity contribution < 1.29 is 14.3 Å². The number of esters is 1. The molecule has 0 heterocycles. The van der Waals surface area contributed by atoms with E-state index in [9.17, 15) is 4.79 Å². The summed E-state index contributed by atoms with van der Waals surface area (Å²) in [5, 5.41) is 0. The summed E-state index contributed by atoms with van der Waals surface area (Å²) in [7, 11) is 1.55. The minimum Gasteiger partial charge on any atom is -0.463 e. The molecule has 0 saturated heterocycles. The first-order valence-corrected chi connectivity index (χ1v) is 3.80. The summed E-state index contributed by atoms with van der Waals surface area (Å²) in [5.41, 5.74) is 5.51. The van der Waals surface area contributed by atoms with E-state index in [4.69, 9.17) is 10.5 Å². The van der Waals surface area contributed by atoms with Crippen LogP contribution in [0.25, 0.3) is 0 Å². The van der Waals surface area contributed by atoms with Crippen LogP contribution in [-0.2, 0) is 14.3 Å². The zero-order valence-corrected chi connectivity index (χ0v) is 7.45. The second kappa shape index (κ2) is 6.82. The average Bonchev–Trinajstić information content (AvgIpc) is 2.02. The van der Waals surface area contributed by atoms with Gasteiger partial charge in [-0.05, 0) is 6.92 Å². The SMILES string of the molecule is CCOC(=O)/C=C/[C@@H](N)COC. The summed E-state index contributed by atoms with van der Waals surface area (Å²) in [6, 6.07) is -0.251. The summed E-state index contributed by atoms with van der Waals surface area (Å²) >= 11 is 0. The predicted molar refractivity (Wildman–Crippen MR) is 45.6 cm³/mol. The molecule has 4 nitrogen and oxygen atoms in total. The van der Waals surface area contributed by atoms with Gasteiger partial charge in [-0.2, -0.15) is 0 Å². The molecule has 4 heteroatoms. The maximum atomic E-state index is 10.7. The lowest BCUT2D eigenvalue weighted by Crippen LogP contribution is -2.23. The molecule has 0 aliphatic rings. The van der Waals surface area contributed by atoms with E-state index in [-0.39, 0.29) is 12.0 Å². The van der Waals surface area contributed by atoms with E-state index in [1.54, 1.807) is 20.1 Å². The van der Waals surface area contributed by atoms with Crippen LogP contribution in [0.1, 0.15) is 6.92 Å². The zero-order valence-electron chi connectivity index (χ0n) is 7.45. The Bertz CT molecular complexity index is 156. The minimum atomic E-state index is -0.371. The van der Waals surface area contributed by atoms with Gasteiger partial charge in [-0.25, -0.2) is 4.79 Å². The van der Waals surface area contributed by atoms with E-state index < -0.39 is 0 Å². The van der Waals surface area contributed by atoms with Crippen LogP contribution in [0.3, 0.4) is 0 Å². The van der Waals surface area contributed by atoms with E-state index in [0.29, 0.717) is 13.2 Å². The summed E-state index contributed by atoms with van der Waals surface area (Å²) in [6.07, 6.45) is 2.87. The Morgan fingerprint density at radius 2 is 2.33 bits per heavy atom. The molecule has 0 rings (SSSR count). The number of ether oxygens (including phenoxy) is 2. The third-order valence-electron chi connectivity index (χ3n) is 1.13. The van der Waals surface area contributed by atoms with Gasteiger partial charge in [0, 0.05) is 19.2 Å². The number of carbonyl (C=O) groups is 1. The van der Waals surface area contributed by atoms with Gasteiger partial charge in [0.05, 0.1) is 13.2 Å². The first kappa shape index (κ1) is 11.1. The highest BCUT2D eigenvalue weighted by molar-refractivity contribution is 5.81. The Hall–Kier alpha value is -0.870. The Kier molecular flexibility index (Phi) is 6.32. The number of nitrogens with two attached hydrogens (primary N) is 1.